The smallest absolute Gasteiger partial charge is 0.165 e. The second kappa shape index (κ2) is 8.78. The van der Waals surface area contributed by atoms with Gasteiger partial charge in [0.1, 0.15) is 6.61 Å². The quantitative estimate of drug-likeness (QED) is 0.523. The van der Waals surface area contributed by atoms with Crippen molar-refractivity contribution in [3.05, 3.63) is 23.8 Å². The Morgan fingerprint density at radius 3 is 3.00 bits per heavy atom. The lowest BCUT2D eigenvalue weighted by Gasteiger charge is -2.19. The van der Waals surface area contributed by atoms with Gasteiger partial charge in [0.05, 0.1) is 0 Å². The SMILES string of the molecule is CCC1=CC(NC([SH2+])CCCCC[OH2+])CC=C1. The van der Waals surface area contributed by atoms with Gasteiger partial charge in [-0.1, -0.05) is 30.7 Å². The van der Waals surface area contributed by atoms with Crippen molar-refractivity contribution < 1.29 is 5.11 Å². The van der Waals surface area contributed by atoms with E-state index >= 15 is 0 Å². The molecule has 1 aliphatic carbocycles. The summed E-state index contributed by atoms with van der Waals surface area (Å²) in [5, 5.41) is 11.1. The zero-order valence-electron chi connectivity index (χ0n) is 10.8. The standard InChI is InChI=1S/C14H25NOS/c1-2-12-7-6-8-13(11-12)15-14(17)9-4-3-5-10-16/h6-7,11,13-17H,2-5,8-10H2,1H3/p+2. The molecule has 0 saturated carbocycles. The van der Waals surface area contributed by atoms with Crippen LogP contribution in [0, 0.1) is 0 Å². The van der Waals surface area contributed by atoms with Crippen molar-refractivity contribution in [3.8, 4) is 0 Å². The fraction of sp³-hybridized carbons (Fsp3) is 0.714. The van der Waals surface area contributed by atoms with Crippen LogP contribution in [0.4, 0.5) is 0 Å². The predicted octanol–water partition coefficient (Wildman–Crippen LogP) is 1.86. The first kappa shape index (κ1) is 14.8. The molecule has 0 heterocycles. The first-order valence-electron chi connectivity index (χ1n) is 6.75. The average Bonchev–Trinajstić information content (AvgIpc) is 2.35. The van der Waals surface area contributed by atoms with E-state index in [1.54, 1.807) is 0 Å². The molecule has 2 atom stereocenters. The van der Waals surface area contributed by atoms with Crippen LogP contribution in [-0.2, 0) is 12.6 Å². The molecule has 2 unspecified atom stereocenters. The number of allylic oxidation sites excluding steroid dienone is 2. The molecular weight excluding hydrogens is 230 g/mol. The lowest BCUT2D eigenvalue weighted by Crippen LogP contribution is -2.36. The van der Waals surface area contributed by atoms with Gasteiger partial charge >= 0.3 is 0 Å². The first-order chi connectivity index (χ1) is 8.26. The second-order valence-electron chi connectivity index (χ2n) is 4.66. The second-order valence-corrected chi connectivity index (χ2v) is 5.36. The highest BCUT2D eigenvalue weighted by molar-refractivity contribution is 7.59. The first-order valence-corrected chi connectivity index (χ1v) is 7.33. The van der Waals surface area contributed by atoms with Crippen molar-refractivity contribution in [3.63, 3.8) is 0 Å². The maximum atomic E-state index is 7.09. The molecule has 0 fully saturated rings. The molecule has 17 heavy (non-hydrogen) atoms. The molecule has 2 nitrogen and oxygen atoms in total. The van der Waals surface area contributed by atoms with Crippen molar-refractivity contribution in [2.24, 2.45) is 0 Å². The Bertz CT molecular complexity index is 263. The van der Waals surface area contributed by atoms with Crippen molar-refractivity contribution in [1.82, 2.24) is 5.32 Å². The third kappa shape index (κ3) is 6.29. The maximum absolute atomic E-state index is 7.09. The van der Waals surface area contributed by atoms with E-state index in [4.69, 9.17) is 5.11 Å². The summed E-state index contributed by atoms with van der Waals surface area (Å²) in [6.07, 6.45) is 13.6. The topological polar surface area (TPSA) is 34.9 Å². The Morgan fingerprint density at radius 1 is 1.47 bits per heavy atom. The van der Waals surface area contributed by atoms with Crippen molar-refractivity contribution in [2.75, 3.05) is 6.61 Å². The summed E-state index contributed by atoms with van der Waals surface area (Å²) in [5.41, 5.74) is 1.43. The van der Waals surface area contributed by atoms with Crippen LogP contribution in [0.2, 0.25) is 0 Å². The molecule has 0 aromatic heterocycles. The molecule has 3 N–H and O–H groups in total. The van der Waals surface area contributed by atoms with Crippen molar-refractivity contribution in [2.45, 2.75) is 56.9 Å². The molecule has 0 spiro atoms. The maximum Gasteiger partial charge on any atom is 0.165 e. The number of hydrogen-bond acceptors (Lipinski definition) is 1. The Kier molecular flexibility index (Phi) is 7.65. The fourth-order valence-corrected chi connectivity index (χ4v) is 2.51. The number of hydrogen-bond donors (Lipinski definition) is 1. The van der Waals surface area contributed by atoms with E-state index in [0.29, 0.717) is 18.0 Å². The molecule has 0 aromatic carbocycles. The van der Waals surface area contributed by atoms with E-state index in [-0.39, 0.29) is 0 Å². The van der Waals surface area contributed by atoms with Crippen LogP contribution < -0.4 is 5.32 Å². The van der Waals surface area contributed by atoms with Crippen LogP contribution in [0.15, 0.2) is 23.8 Å². The highest BCUT2D eigenvalue weighted by Gasteiger charge is 2.15. The fourth-order valence-electron chi connectivity index (χ4n) is 2.09. The van der Waals surface area contributed by atoms with Crippen LogP contribution in [0.1, 0.15) is 45.4 Å². The van der Waals surface area contributed by atoms with Crippen LogP contribution in [0.5, 0.6) is 0 Å². The molecular formula is C14H27NOS+2. The molecule has 0 radical (unpaired) electrons. The summed E-state index contributed by atoms with van der Waals surface area (Å²) in [6, 6.07) is 0.480. The summed E-state index contributed by atoms with van der Waals surface area (Å²) in [7, 11) is 0. The molecule has 1 aliphatic rings. The summed E-state index contributed by atoms with van der Waals surface area (Å²) >= 11 is 3.75. The van der Waals surface area contributed by atoms with E-state index in [2.05, 4.69) is 43.1 Å². The van der Waals surface area contributed by atoms with Gasteiger partial charge < -0.3 is 5.11 Å². The van der Waals surface area contributed by atoms with Crippen LogP contribution >= 0.6 is 0 Å². The Balaban J connectivity index is 2.20. The van der Waals surface area contributed by atoms with Gasteiger partial charge in [-0.15, -0.1) is 0 Å². The highest BCUT2D eigenvalue weighted by atomic mass is 32.1. The minimum absolute atomic E-state index is 0.395. The number of nitrogens with one attached hydrogen (secondary N) is 1. The van der Waals surface area contributed by atoms with Gasteiger partial charge in [-0.25, -0.2) is 0 Å². The van der Waals surface area contributed by atoms with E-state index in [1.165, 1.54) is 18.4 Å². The summed E-state index contributed by atoms with van der Waals surface area (Å²) < 4.78 is 0. The minimum atomic E-state index is 0.395. The van der Waals surface area contributed by atoms with Gasteiger partial charge in [-0.05, 0) is 38.3 Å². The van der Waals surface area contributed by atoms with Gasteiger partial charge in [0, 0.05) is 18.9 Å². The van der Waals surface area contributed by atoms with Gasteiger partial charge in [0.2, 0.25) is 0 Å². The third-order valence-corrected chi connectivity index (χ3v) is 3.59. The molecule has 0 aromatic rings. The molecule has 3 heteroatoms. The zero-order valence-corrected chi connectivity index (χ0v) is 11.8. The van der Waals surface area contributed by atoms with E-state index < -0.39 is 0 Å². The Labute approximate surface area is 111 Å². The number of unbranched alkanes of at least 4 members (excludes halogenated alkanes) is 2. The monoisotopic (exact) mass is 257 g/mol. The summed E-state index contributed by atoms with van der Waals surface area (Å²) in [6.45, 7) is 2.76. The van der Waals surface area contributed by atoms with Gasteiger partial charge in [-0.3, -0.25) is 5.32 Å². The van der Waals surface area contributed by atoms with Crippen LogP contribution in [0.3, 0.4) is 0 Å². The molecule has 0 amide bonds. The lowest BCUT2D eigenvalue weighted by molar-refractivity contribution is 0.282. The molecule has 98 valence electrons. The van der Waals surface area contributed by atoms with Crippen LogP contribution in [-0.4, -0.2) is 23.1 Å². The average molecular weight is 257 g/mol. The van der Waals surface area contributed by atoms with Crippen molar-refractivity contribution >= 4 is 12.6 Å². The van der Waals surface area contributed by atoms with Gasteiger partial charge in [0.15, 0.2) is 5.37 Å². The van der Waals surface area contributed by atoms with Gasteiger partial charge in [0.25, 0.3) is 0 Å². The van der Waals surface area contributed by atoms with E-state index in [9.17, 15) is 0 Å². The summed E-state index contributed by atoms with van der Waals surface area (Å²) in [5.74, 6) is 0. The number of rotatable bonds is 8. The Morgan fingerprint density at radius 2 is 2.29 bits per heavy atom. The molecule has 0 bridgehead atoms. The normalized spacial score (nSPS) is 21.4. The zero-order chi connectivity index (χ0) is 12.5. The predicted molar refractivity (Wildman–Crippen MR) is 79.9 cm³/mol. The molecule has 1 rings (SSSR count). The summed E-state index contributed by atoms with van der Waals surface area (Å²) in [4.78, 5) is 0. The molecule has 0 aliphatic heterocycles. The highest BCUT2D eigenvalue weighted by Crippen LogP contribution is 2.14. The van der Waals surface area contributed by atoms with Gasteiger partial charge in [-0.2, -0.15) is 0 Å². The minimum Gasteiger partial charge on any atom is -0.445 e. The third-order valence-electron chi connectivity index (χ3n) is 3.13. The van der Waals surface area contributed by atoms with Crippen molar-refractivity contribution in [1.29, 1.82) is 0 Å². The lowest BCUT2D eigenvalue weighted by atomic mass is 10.0. The largest absolute Gasteiger partial charge is 0.445 e. The van der Waals surface area contributed by atoms with Crippen LogP contribution in [0.25, 0.3) is 0 Å². The van der Waals surface area contributed by atoms with E-state index in [1.807, 2.05) is 0 Å². The van der Waals surface area contributed by atoms with E-state index in [0.717, 1.165) is 25.7 Å². The molecule has 0 saturated heterocycles. The Hall–Kier alpha value is -0.250.